The van der Waals surface area contributed by atoms with Crippen LogP contribution in [0.15, 0.2) is 29.0 Å². The summed E-state index contributed by atoms with van der Waals surface area (Å²) >= 11 is 3.35. The van der Waals surface area contributed by atoms with Gasteiger partial charge in [0.1, 0.15) is 18.2 Å². The number of benzene rings is 1. The Bertz CT molecular complexity index is 544. The van der Waals surface area contributed by atoms with E-state index in [0.29, 0.717) is 5.56 Å². The van der Waals surface area contributed by atoms with Crippen molar-refractivity contribution in [1.82, 2.24) is 15.2 Å². The lowest BCUT2D eigenvalue weighted by atomic mass is 10.2. The van der Waals surface area contributed by atoms with E-state index in [0.717, 1.165) is 35.4 Å². The number of halogens is 1. The average Bonchev–Trinajstić information content (AvgIpc) is 2.89. The van der Waals surface area contributed by atoms with Crippen LogP contribution in [-0.2, 0) is 6.42 Å². The maximum absolute atomic E-state index is 9.02. The van der Waals surface area contributed by atoms with Gasteiger partial charge in [0.15, 0.2) is 0 Å². The SMILES string of the molecule is N#Cc1cc(Br)ccc1NCCCc1ncn[nH]1. The molecule has 18 heavy (non-hydrogen) atoms. The Balaban J connectivity index is 1.85. The van der Waals surface area contributed by atoms with Gasteiger partial charge in [0.2, 0.25) is 0 Å². The highest BCUT2D eigenvalue weighted by Crippen LogP contribution is 2.20. The lowest BCUT2D eigenvalue weighted by Crippen LogP contribution is -2.05. The first kappa shape index (κ1) is 12.6. The first-order valence-electron chi connectivity index (χ1n) is 5.57. The number of rotatable bonds is 5. The van der Waals surface area contributed by atoms with Crippen LogP contribution in [0.25, 0.3) is 0 Å². The second-order valence-electron chi connectivity index (χ2n) is 3.76. The van der Waals surface area contributed by atoms with Gasteiger partial charge in [-0.1, -0.05) is 15.9 Å². The summed E-state index contributed by atoms with van der Waals surface area (Å²) in [6.45, 7) is 0.789. The summed E-state index contributed by atoms with van der Waals surface area (Å²) in [6.07, 6.45) is 3.27. The van der Waals surface area contributed by atoms with Gasteiger partial charge in [-0.2, -0.15) is 10.4 Å². The second kappa shape index (κ2) is 6.17. The van der Waals surface area contributed by atoms with Gasteiger partial charge in [-0.15, -0.1) is 0 Å². The minimum Gasteiger partial charge on any atom is -0.384 e. The summed E-state index contributed by atoms with van der Waals surface area (Å²) in [7, 11) is 0. The molecule has 0 aliphatic heterocycles. The molecule has 0 aliphatic rings. The molecule has 0 unspecified atom stereocenters. The predicted octanol–water partition coefficient (Wildman–Crippen LogP) is 2.48. The van der Waals surface area contributed by atoms with Crippen molar-refractivity contribution in [2.45, 2.75) is 12.8 Å². The van der Waals surface area contributed by atoms with Crippen molar-refractivity contribution in [3.63, 3.8) is 0 Å². The largest absolute Gasteiger partial charge is 0.384 e. The molecule has 92 valence electrons. The minimum atomic E-state index is 0.643. The highest BCUT2D eigenvalue weighted by molar-refractivity contribution is 9.10. The Labute approximate surface area is 113 Å². The highest BCUT2D eigenvalue weighted by atomic mass is 79.9. The van der Waals surface area contributed by atoms with E-state index in [-0.39, 0.29) is 0 Å². The van der Waals surface area contributed by atoms with E-state index >= 15 is 0 Å². The molecule has 1 aromatic heterocycles. The summed E-state index contributed by atoms with van der Waals surface area (Å²) in [5, 5.41) is 18.9. The van der Waals surface area contributed by atoms with Crippen LogP contribution in [0.4, 0.5) is 5.69 Å². The third kappa shape index (κ3) is 3.31. The van der Waals surface area contributed by atoms with Gasteiger partial charge < -0.3 is 5.32 Å². The van der Waals surface area contributed by atoms with Gasteiger partial charge in [0.05, 0.1) is 11.3 Å². The Kier molecular flexibility index (Phi) is 4.31. The number of anilines is 1. The predicted molar refractivity (Wildman–Crippen MR) is 72.1 cm³/mol. The number of nitrogens with zero attached hydrogens (tertiary/aromatic N) is 3. The van der Waals surface area contributed by atoms with Crippen LogP contribution in [0.1, 0.15) is 17.8 Å². The Hall–Kier alpha value is -1.87. The molecule has 0 aliphatic carbocycles. The zero-order chi connectivity index (χ0) is 12.8. The molecule has 0 saturated heterocycles. The number of nitrogens with one attached hydrogen (secondary N) is 2. The van der Waals surface area contributed by atoms with Crippen molar-refractivity contribution >= 4 is 21.6 Å². The van der Waals surface area contributed by atoms with E-state index in [9.17, 15) is 0 Å². The molecule has 2 N–H and O–H groups in total. The van der Waals surface area contributed by atoms with Crippen molar-refractivity contribution in [1.29, 1.82) is 5.26 Å². The number of aromatic amines is 1. The van der Waals surface area contributed by atoms with Crippen molar-refractivity contribution in [3.8, 4) is 6.07 Å². The normalized spacial score (nSPS) is 10.0. The van der Waals surface area contributed by atoms with Crippen LogP contribution in [0.3, 0.4) is 0 Å². The van der Waals surface area contributed by atoms with E-state index < -0.39 is 0 Å². The summed E-state index contributed by atoms with van der Waals surface area (Å²) in [4.78, 5) is 4.05. The summed E-state index contributed by atoms with van der Waals surface area (Å²) in [5.41, 5.74) is 1.50. The zero-order valence-electron chi connectivity index (χ0n) is 9.65. The topological polar surface area (TPSA) is 77.4 Å². The third-order valence-corrected chi connectivity index (χ3v) is 2.97. The number of hydrogen-bond acceptors (Lipinski definition) is 4. The molecule has 2 rings (SSSR count). The smallest absolute Gasteiger partial charge is 0.137 e. The molecule has 0 spiro atoms. The first-order chi connectivity index (χ1) is 8.79. The van der Waals surface area contributed by atoms with E-state index in [1.165, 1.54) is 6.33 Å². The fraction of sp³-hybridized carbons (Fsp3) is 0.250. The fourth-order valence-corrected chi connectivity index (χ4v) is 1.95. The summed E-state index contributed by atoms with van der Waals surface area (Å²) in [6, 6.07) is 7.79. The van der Waals surface area contributed by atoms with E-state index in [2.05, 4.69) is 42.5 Å². The van der Waals surface area contributed by atoms with Crippen molar-refractivity contribution in [3.05, 3.63) is 40.4 Å². The Morgan fingerprint density at radius 1 is 1.44 bits per heavy atom. The molecular weight excluding hydrogens is 294 g/mol. The number of aryl methyl sites for hydroxylation is 1. The van der Waals surface area contributed by atoms with Crippen LogP contribution in [-0.4, -0.2) is 21.7 Å². The monoisotopic (exact) mass is 305 g/mol. The number of H-pyrrole nitrogens is 1. The number of aromatic nitrogens is 3. The van der Waals surface area contributed by atoms with Crippen LogP contribution in [0.5, 0.6) is 0 Å². The summed E-state index contributed by atoms with van der Waals surface area (Å²) < 4.78 is 0.909. The van der Waals surface area contributed by atoms with Gasteiger partial charge in [-0.3, -0.25) is 5.10 Å². The van der Waals surface area contributed by atoms with Gasteiger partial charge in [-0.25, -0.2) is 4.98 Å². The minimum absolute atomic E-state index is 0.643. The summed E-state index contributed by atoms with van der Waals surface area (Å²) in [5.74, 6) is 0.883. The molecule has 2 aromatic rings. The van der Waals surface area contributed by atoms with E-state index in [1.54, 1.807) is 6.07 Å². The standard InChI is InChI=1S/C12H12BrN5/c13-10-3-4-11(9(6-10)7-14)15-5-1-2-12-16-8-17-18-12/h3-4,6,8,15H,1-2,5H2,(H,16,17,18). The maximum atomic E-state index is 9.02. The van der Waals surface area contributed by atoms with Gasteiger partial charge in [0.25, 0.3) is 0 Å². The Morgan fingerprint density at radius 3 is 3.06 bits per heavy atom. The molecule has 0 fully saturated rings. The average molecular weight is 306 g/mol. The van der Waals surface area contributed by atoms with E-state index in [1.807, 2.05) is 12.1 Å². The van der Waals surface area contributed by atoms with Crippen LogP contribution < -0.4 is 5.32 Å². The molecular formula is C12H12BrN5. The van der Waals surface area contributed by atoms with Crippen LogP contribution in [0.2, 0.25) is 0 Å². The zero-order valence-corrected chi connectivity index (χ0v) is 11.2. The molecule has 0 amide bonds. The van der Waals surface area contributed by atoms with Gasteiger partial charge >= 0.3 is 0 Å². The molecule has 0 radical (unpaired) electrons. The van der Waals surface area contributed by atoms with Gasteiger partial charge in [-0.05, 0) is 24.6 Å². The lowest BCUT2D eigenvalue weighted by molar-refractivity contribution is 0.805. The Morgan fingerprint density at radius 2 is 2.33 bits per heavy atom. The molecule has 6 heteroatoms. The molecule has 0 bridgehead atoms. The molecule has 0 saturated carbocycles. The molecule has 1 heterocycles. The first-order valence-corrected chi connectivity index (χ1v) is 6.36. The quantitative estimate of drug-likeness (QED) is 0.832. The number of nitriles is 1. The molecule has 1 aromatic carbocycles. The molecule has 0 atom stereocenters. The van der Waals surface area contributed by atoms with Crippen molar-refractivity contribution in [2.24, 2.45) is 0 Å². The highest BCUT2D eigenvalue weighted by Gasteiger charge is 2.02. The second-order valence-corrected chi connectivity index (χ2v) is 4.68. The van der Waals surface area contributed by atoms with Gasteiger partial charge in [0, 0.05) is 17.4 Å². The van der Waals surface area contributed by atoms with Crippen LogP contribution in [0, 0.1) is 11.3 Å². The maximum Gasteiger partial charge on any atom is 0.137 e. The van der Waals surface area contributed by atoms with Crippen molar-refractivity contribution < 1.29 is 0 Å². The van der Waals surface area contributed by atoms with E-state index in [4.69, 9.17) is 5.26 Å². The lowest BCUT2D eigenvalue weighted by Gasteiger charge is -2.07. The molecule has 5 nitrogen and oxygen atoms in total. The third-order valence-electron chi connectivity index (χ3n) is 2.47. The van der Waals surface area contributed by atoms with Crippen molar-refractivity contribution in [2.75, 3.05) is 11.9 Å². The fourth-order valence-electron chi connectivity index (χ4n) is 1.59. The number of hydrogen-bond donors (Lipinski definition) is 2. The van der Waals surface area contributed by atoms with Crippen LogP contribution >= 0.6 is 15.9 Å².